The van der Waals surface area contributed by atoms with Gasteiger partial charge >= 0.3 is 0 Å². The summed E-state index contributed by atoms with van der Waals surface area (Å²) in [6.07, 6.45) is 0. The molecule has 1 aromatic carbocycles. The van der Waals surface area contributed by atoms with Crippen LogP contribution in [-0.2, 0) is 9.53 Å². The van der Waals surface area contributed by atoms with Gasteiger partial charge in [-0.25, -0.2) is 0 Å². The average molecular weight is 378 g/mol. The van der Waals surface area contributed by atoms with Crippen LogP contribution in [0.2, 0.25) is 5.02 Å². The Labute approximate surface area is 137 Å². The Morgan fingerprint density at radius 1 is 1.29 bits per heavy atom. The first kappa shape index (κ1) is 17.9. The van der Waals surface area contributed by atoms with Crippen LogP contribution in [0, 0.1) is 0 Å². The second kappa shape index (κ2) is 8.36. The zero-order valence-corrected chi connectivity index (χ0v) is 14.6. The van der Waals surface area contributed by atoms with Gasteiger partial charge in [-0.15, -0.1) is 0 Å². The molecule has 7 heteroatoms. The molecule has 0 saturated heterocycles. The van der Waals surface area contributed by atoms with Gasteiger partial charge in [0.25, 0.3) is 5.91 Å². The van der Waals surface area contributed by atoms with Gasteiger partial charge in [0.15, 0.2) is 0 Å². The fraction of sp³-hybridized carbons (Fsp3) is 0.429. The van der Waals surface area contributed by atoms with Crippen LogP contribution < -0.4 is 0 Å². The monoisotopic (exact) mass is 376 g/mol. The molecule has 5 nitrogen and oxygen atoms in total. The van der Waals surface area contributed by atoms with Gasteiger partial charge in [-0.2, -0.15) is 0 Å². The van der Waals surface area contributed by atoms with E-state index in [1.807, 2.05) is 0 Å². The van der Waals surface area contributed by atoms with Gasteiger partial charge in [0.2, 0.25) is 5.91 Å². The smallest absolute Gasteiger partial charge is 0.254 e. The number of likely N-dealkylation sites (N-methyl/N-ethyl adjacent to an activating group) is 1. The molecule has 0 unspecified atom stereocenters. The van der Waals surface area contributed by atoms with Gasteiger partial charge in [0.1, 0.15) is 6.54 Å². The lowest BCUT2D eigenvalue weighted by atomic mass is 10.2. The Morgan fingerprint density at radius 3 is 2.48 bits per heavy atom. The Morgan fingerprint density at radius 2 is 1.95 bits per heavy atom. The van der Waals surface area contributed by atoms with Crippen molar-refractivity contribution in [3.05, 3.63) is 33.3 Å². The van der Waals surface area contributed by atoms with E-state index in [1.165, 1.54) is 9.80 Å². The van der Waals surface area contributed by atoms with Crippen LogP contribution >= 0.6 is 27.5 Å². The maximum atomic E-state index is 12.5. The maximum absolute atomic E-state index is 12.5. The van der Waals surface area contributed by atoms with Crippen molar-refractivity contribution in [3.63, 3.8) is 0 Å². The van der Waals surface area contributed by atoms with E-state index in [4.69, 9.17) is 16.3 Å². The summed E-state index contributed by atoms with van der Waals surface area (Å²) in [5, 5.41) is 0.457. The average Bonchev–Trinajstić information content (AvgIpc) is 2.41. The van der Waals surface area contributed by atoms with E-state index < -0.39 is 0 Å². The number of carbonyl (C=O) groups is 2. The Kier molecular flexibility index (Phi) is 7.14. The van der Waals surface area contributed by atoms with Crippen LogP contribution in [0.15, 0.2) is 22.7 Å². The van der Waals surface area contributed by atoms with Crippen molar-refractivity contribution in [2.75, 3.05) is 40.9 Å². The molecule has 21 heavy (non-hydrogen) atoms. The number of hydrogen-bond donors (Lipinski definition) is 0. The molecule has 0 aromatic heterocycles. The maximum Gasteiger partial charge on any atom is 0.254 e. The molecule has 0 aliphatic carbocycles. The summed E-state index contributed by atoms with van der Waals surface area (Å²) < 4.78 is 5.71. The fourth-order valence-corrected chi connectivity index (χ4v) is 2.48. The fourth-order valence-electron chi connectivity index (χ4n) is 1.62. The summed E-state index contributed by atoms with van der Waals surface area (Å²) >= 11 is 9.26. The van der Waals surface area contributed by atoms with Crippen LogP contribution in [0.4, 0.5) is 0 Å². The molecule has 0 atom stereocenters. The van der Waals surface area contributed by atoms with Gasteiger partial charge < -0.3 is 14.5 Å². The highest BCUT2D eigenvalue weighted by Crippen LogP contribution is 2.20. The standard InChI is InChI=1S/C14H18BrClN2O3/c1-17(2)13(19)9-18(4-5-21-3)14(20)10-6-11(15)8-12(16)7-10/h6-8H,4-5,9H2,1-3H3. The normalized spacial score (nSPS) is 10.3. The van der Waals surface area contributed by atoms with Gasteiger partial charge in [-0.3, -0.25) is 9.59 Å². The van der Waals surface area contributed by atoms with E-state index >= 15 is 0 Å². The predicted octanol–water partition coefficient (Wildman–Crippen LogP) is 2.28. The molecule has 0 aliphatic heterocycles. The summed E-state index contributed by atoms with van der Waals surface area (Å²) in [4.78, 5) is 27.3. The summed E-state index contributed by atoms with van der Waals surface area (Å²) in [5.41, 5.74) is 0.428. The molecule has 1 rings (SSSR count). The Balaban J connectivity index is 2.95. The lowest BCUT2D eigenvalue weighted by molar-refractivity contribution is -0.129. The molecule has 0 saturated carbocycles. The third kappa shape index (κ3) is 5.65. The minimum atomic E-state index is -0.259. The second-order valence-electron chi connectivity index (χ2n) is 4.67. The highest BCUT2D eigenvalue weighted by atomic mass is 79.9. The third-order valence-electron chi connectivity index (χ3n) is 2.79. The van der Waals surface area contributed by atoms with Crippen molar-refractivity contribution in [1.29, 1.82) is 0 Å². The number of rotatable bonds is 6. The summed E-state index contributed by atoms with van der Waals surface area (Å²) in [7, 11) is 4.85. The van der Waals surface area contributed by atoms with Crippen LogP contribution in [-0.4, -0.2) is 62.5 Å². The third-order valence-corrected chi connectivity index (χ3v) is 3.46. The SMILES string of the molecule is COCCN(CC(=O)N(C)C)C(=O)c1cc(Cl)cc(Br)c1. The first-order chi connectivity index (χ1) is 9.85. The van der Waals surface area contributed by atoms with E-state index in [0.29, 0.717) is 28.2 Å². The lowest BCUT2D eigenvalue weighted by Crippen LogP contribution is -2.41. The van der Waals surface area contributed by atoms with E-state index in [2.05, 4.69) is 15.9 Å². The molecule has 0 N–H and O–H groups in total. The lowest BCUT2D eigenvalue weighted by Gasteiger charge is -2.23. The minimum Gasteiger partial charge on any atom is -0.383 e. The number of hydrogen-bond acceptors (Lipinski definition) is 3. The molecule has 0 heterocycles. The van der Waals surface area contributed by atoms with E-state index in [0.717, 1.165) is 0 Å². The van der Waals surface area contributed by atoms with Crippen LogP contribution in [0.25, 0.3) is 0 Å². The van der Waals surface area contributed by atoms with Crippen LogP contribution in [0.3, 0.4) is 0 Å². The number of methoxy groups -OCH3 is 1. The highest BCUT2D eigenvalue weighted by molar-refractivity contribution is 9.10. The van der Waals surface area contributed by atoms with Crippen LogP contribution in [0.5, 0.6) is 0 Å². The summed E-state index contributed by atoms with van der Waals surface area (Å²) in [6, 6.07) is 4.95. The number of ether oxygens (including phenoxy) is 1. The summed E-state index contributed by atoms with van der Waals surface area (Å²) in [6.45, 7) is 0.687. The zero-order valence-electron chi connectivity index (χ0n) is 12.2. The van der Waals surface area contributed by atoms with Gasteiger partial charge in [0, 0.05) is 42.8 Å². The highest BCUT2D eigenvalue weighted by Gasteiger charge is 2.20. The van der Waals surface area contributed by atoms with E-state index in [-0.39, 0.29) is 18.4 Å². The first-order valence-electron chi connectivity index (χ1n) is 6.29. The number of amides is 2. The summed E-state index contributed by atoms with van der Waals surface area (Å²) in [5.74, 6) is -0.411. The quantitative estimate of drug-likeness (QED) is 0.764. The first-order valence-corrected chi connectivity index (χ1v) is 7.46. The van der Waals surface area contributed by atoms with Gasteiger partial charge in [-0.1, -0.05) is 27.5 Å². The Bertz CT molecular complexity index is 503. The number of benzene rings is 1. The van der Waals surface area contributed by atoms with Crippen LogP contribution in [0.1, 0.15) is 10.4 Å². The Hall–Kier alpha value is -1.11. The molecule has 0 fully saturated rings. The predicted molar refractivity (Wildman–Crippen MR) is 85.6 cm³/mol. The molecule has 0 spiro atoms. The molecular weight excluding hydrogens is 360 g/mol. The van der Waals surface area contributed by atoms with Crippen molar-refractivity contribution in [2.45, 2.75) is 0 Å². The molecule has 116 valence electrons. The molecule has 1 aromatic rings. The minimum absolute atomic E-state index is 0.000669. The van der Waals surface area contributed by atoms with E-state index in [9.17, 15) is 9.59 Å². The molecule has 0 aliphatic rings. The van der Waals surface area contributed by atoms with Crippen molar-refractivity contribution in [3.8, 4) is 0 Å². The van der Waals surface area contributed by atoms with Crippen molar-refractivity contribution in [2.24, 2.45) is 0 Å². The topological polar surface area (TPSA) is 49.9 Å². The molecule has 0 bridgehead atoms. The van der Waals surface area contributed by atoms with Gasteiger partial charge in [-0.05, 0) is 18.2 Å². The van der Waals surface area contributed by atoms with Crippen molar-refractivity contribution < 1.29 is 14.3 Å². The largest absolute Gasteiger partial charge is 0.383 e. The number of halogens is 2. The number of carbonyl (C=O) groups excluding carboxylic acids is 2. The molecule has 2 amide bonds. The van der Waals surface area contributed by atoms with Crippen molar-refractivity contribution >= 4 is 39.3 Å². The molecule has 0 radical (unpaired) electrons. The van der Waals surface area contributed by atoms with Crippen molar-refractivity contribution in [1.82, 2.24) is 9.80 Å². The molecular formula is C14H18BrClN2O3. The van der Waals surface area contributed by atoms with Gasteiger partial charge in [0.05, 0.1) is 6.61 Å². The van der Waals surface area contributed by atoms with E-state index in [1.54, 1.807) is 39.4 Å². The number of nitrogens with zero attached hydrogens (tertiary/aromatic N) is 2. The zero-order chi connectivity index (χ0) is 16.0. The second-order valence-corrected chi connectivity index (χ2v) is 6.02.